The first-order valence-electron chi connectivity index (χ1n) is 9.75. The van der Waals surface area contributed by atoms with Crippen molar-refractivity contribution < 1.29 is 14.3 Å². The van der Waals surface area contributed by atoms with E-state index in [9.17, 15) is 9.59 Å². The lowest BCUT2D eigenvalue weighted by Gasteiger charge is -2.50. The van der Waals surface area contributed by atoms with Crippen molar-refractivity contribution in [3.8, 4) is 0 Å². The molecule has 2 aliphatic rings. The van der Waals surface area contributed by atoms with Crippen LogP contribution in [0.3, 0.4) is 0 Å². The molecule has 0 unspecified atom stereocenters. The van der Waals surface area contributed by atoms with Crippen LogP contribution in [0.5, 0.6) is 0 Å². The number of hydrogen-bond acceptors (Lipinski definition) is 4. The smallest absolute Gasteiger partial charge is 0.254 e. The average molecular weight is 379 g/mol. The van der Waals surface area contributed by atoms with E-state index in [0.717, 1.165) is 24.0 Å². The van der Waals surface area contributed by atoms with Crippen molar-refractivity contribution in [3.05, 3.63) is 65.5 Å². The number of benzene rings is 1. The summed E-state index contributed by atoms with van der Waals surface area (Å²) in [6, 6.07) is 11.2. The van der Waals surface area contributed by atoms with Gasteiger partial charge in [-0.15, -0.1) is 0 Å². The van der Waals surface area contributed by atoms with Crippen LogP contribution in [0.1, 0.15) is 39.1 Å². The molecule has 2 fully saturated rings. The van der Waals surface area contributed by atoms with Gasteiger partial charge in [-0.2, -0.15) is 0 Å². The molecule has 2 saturated heterocycles. The quantitative estimate of drug-likeness (QED) is 0.866. The predicted molar refractivity (Wildman–Crippen MR) is 105 cm³/mol. The average Bonchev–Trinajstić information content (AvgIpc) is 3.11. The lowest BCUT2D eigenvalue weighted by molar-refractivity contribution is -0.117. The second-order valence-electron chi connectivity index (χ2n) is 7.72. The molecule has 2 aromatic rings. The van der Waals surface area contributed by atoms with E-state index in [1.165, 1.54) is 0 Å². The number of ether oxygens (including phenoxy) is 1. The van der Waals surface area contributed by atoms with Gasteiger partial charge in [0.25, 0.3) is 11.8 Å². The zero-order valence-electron chi connectivity index (χ0n) is 16.1. The van der Waals surface area contributed by atoms with Gasteiger partial charge in [0.05, 0.1) is 18.7 Å². The number of hydrogen-bond donors (Lipinski definition) is 1. The fraction of sp³-hybridized carbons (Fsp3) is 0.409. The van der Waals surface area contributed by atoms with Crippen molar-refractivity contribution in [1.82, 2.24) is 15.2 Å². The molecule has 146 valence electrons. The Morgan fingerprint density at radius 1 is 1.25 bits per heavy atom. The van der Waals surface area contributed by atoms with E-state index in [0.29, 0.717) is 37.7 Å². The van der Waals surface area contributed by atoms with Gasteiger partial charge in [-0.3, -0.25) is 14.6 Å². The van der Waals surface area contributed by atoms with Gasteiger partial charge in [0.15, 0.2) is 0 Å². The third-order valence-corrected chi connectivity index (χ3v) is 5.77. The zero-order chi connectivity index (χ0) is 19.6. The Kier molecular flexibility index (Phi) is 5.13. The topological polar surface area (TPSA) is 71.5 Å². The molecule has 0 aliphatic carbocycles. The number of aryl methyl sites for hydroxylation is 1. The van der Waals surface area contributed by atoms with Crippen LogP contribution in [-0.4, -0.2) is 53.5 Å². The van der Waals surface area contributed by atoms with Gasteiger partial charge in [-0.25, -0.2) is 0 Å². The van der Waals surface area contributed by atoms with Crippen molar-refractivity contribution in [1.29, 1.82) is 0 Å². The summed E-state index contributed by atoms with van der Waals surface area (Å²) in [5, 5.41) is 2.96. The van der Waals surface area contributed by atoms with E-state index in [-0.39, 0.29) is 17.4 Å². The first-order valence-corrected chi connectivity index (χ1v) is 9.75. The molecular weight excluding hydrogens is 354 g/mol. The zero-order valence-corrected chi connectivity index (χ0v) is 16.1. The molecule has 28 heavy (non-hydrogen) atoms. The molecule has 0 radical (unpaired) electrons. The maximum Gasteiger partial charge on any atom is 0.254 e. The minimum absolute atomic E-state index is 0.0634. The highest BCUT2D eigenvalue weighted by Crippen LogP contribution is 2.42. The first-order chi connectivity index (χ1) is 13.6. The van der Waals surface area contributed by atoms with E-state index in [1.54, 1.807) is 24.5 Å². The number of rotatable bonds is 5. The summed E-state index contributed by atoms with van der Waals surface area (Å²) in [5.41, 5.74) is 2.13. The first kappa shape index (κ1) is 18.6. The van der Waals surface area contributed by atoms with Crippen molar-refractivity contribution in [2.75, 3.05) is 26.2 Å². The highest BCUT2D eigenvalue weighted by molar-refractivity contribution is 5.95. The highest BCUT2D eigenvalue weighted by atomic mass is 16.5. The SMILES string of the molecule is Cc1cccc(C(=O)N2CC3(C2)OCC[C@@H]3CCNC(=O)c2cccnc2)c1. The summed E-state index contributed by atoms with van der Waals surface area (Å²) < 4.78 is 6.05. The summed E-state index contributed by atoms with van der Waals surface area (Å²) in [5.74, 6) is 0.308. The number of carbonyl (C=O) groups excluding carboxylic acids is 2. The monoisotopic (exact) mass is 379 g/mol. The molecule has 0 bridgehead atoms. The number of nitrogens with one attached hydrogen (secondary N) is 1. The summed E-state index contributed by atoms with van der Waals surface area (Å²) in [7, 11) is 0. The van der Waals surface area contributed by atoms with Crippen LogP contribution in [0, 0.1) is 12.8 Å². The number of likely N-dealkylation sites (tertiary alicyclic amines) is 1. The maximum absolute atomic E-state index is 12.7. The molecule has 1 N–H and O–H groups in total. The largest absolute Gasteiger partial charge is 0.371 e. The summed E-state index contributed by atoms with van der Waals surface area (Å²) >= 11 is 0. The van der Waals surface area contributed by atoms with E-state index in [4.69, 9.17) is 4.74 Å². The molecule has 4 rings (SSSR count). The van der Waals surface area contributed by atoms with E-state index in [1.807, 2.05) is 36.1 Å². The molecule has 1 aromatic carbocycles. The van der Waals surface area contributed by atoms with Crippen LogP contribution in [-0.2, 0) is 4.74 Å². The molecular formula is C22H25N3O3. The standard InChI is InChI=1S/C22H25N3O3/c1-16-4-2-5-17(12-16)21(27)25-14-22(15-25)19(8-11-28-22)7-10-24-20(26)18-6-3-9-23-13-18/h2-6,9,12-13,19H,7-8,10-11,14-15H2,1H3,(H,24,26)/t19-/m0/s1. The summed E-state index contributed by atoms with van der Waals surface area (Å²) in [6.07, 6.45) is 5.03. The third-order valence-electron chi connectivity index (χ3n) is 5.77. The molecule has 0 saturated carbocycles. The Morgan fingerprint density at radius 2 is 2.07 bits per heavy atom. The minimum Gasteiger partial charge on any atom is -0.371 e. The van der Waals surface area contributed by atoms with Gasteiger partial charge >= 0.3 is 0 Å². The number of nitrogens with zero attached hydrogens (tertiary/aromatic N) is 2. The van der Waals surface area contributed by atoms with Gasteiger partial charge < -0.3 is 15.0 Å². The Hall–Kier alpha value is -2.73. The third kappa shape index (κ3) is 3.64. The van der Waals surface area contributed by atoms with E-state index in [2.05, 4.69) is 10.3 Å². The van der Waals surface area contributed by atoms with Crippen molar-refractivity contribution in [3.63, 3.8) is 0 Å². The van der Waals surface area contributed by atoms with Crippen LogP contribution in [0.25, 0.3) is 0 Å². The summed E-state index contributed by atoms with van der Waals surface area (Å²) in [6.45, 7) is 4.55. The van der Waals surface area contributed by atoms with Crippen LogP contribution in [0.15, 0.2) is 48.8 Å². The lowest BCUT2D eigenvalue weighted by Crippen LogP contribution is -2.66. The fourth-order valence-electron chi connectivity index (χ4n) is 4.21. The maximum atomic E-state index is 12.7. The van der Waals surface area contributed by atoms with Gasteiger partial charge in [-0.1, -0.05) is 17.7 Å². The molecule has 6 heteroatoms. The molecule has 2 aliphatic heterocycles. The number of amides is 2. The normalized spacial score (nSPS) is 20.0. The van der Waals surface area contributed by atoms with E-state index >= 15 is 0 Å². The van der Waals surface area contributed by atoms with Crippen LogP contribution < -0.4 is 5.32 Å². The fourth-order valence-corrected chi connectivity index (χ4v) is 4.21. The number of carbonyl (C=O) groups is 2. The minimum atomic E-state index is -0.251. The molecule has 1 atom stereocenters. The predicted octanol–water partition coefficient (Wildman–Crippen LogP) is 2.44. The van der Waals surface area contributed by atoms with Crippen LogP contribution >= 0.6 is 0 Å². The Bertz CT molecular complexity index is 862. The Balaban J connectivity index is 1.30. The van der Waals surface area contributed by atoms with Crippen molar-refractivity contribution in [2.24, 2.45) is 5.92 Å². The van der Waals surface area contributed by atoms with Crippen molar-refractivity contribution in [2.45, 2.75) is 25.4 Å². The van der Waals surface area contributed by atoms with Gasteiger partial charge in [0.2, 0.25) is 0 Å². The molecule has 1 aromatic heterocycles. The molecule has 6 nitrogen and oxygen atoms in total. The van der Waals surface area contributed by atoms with E-state index < -0.39 is 0 Å². The van der Waals surface area contributed by atoms with Crippen LogP contribution in [0.4, 0.5) is 0 Å². The molecule has 1 spiro atoms. The van der Waals surface area contributed by atoms with Gasteiger partial charge in [0, 0.05) is 31.1 Å². The van der Waals surface area contributed by atoms with Gasteiger partial charge in [-0.05, 0) is 49.9 Å². The lowest BCUT2D eigenvalue weighted by atomic mass is 9.78. The van der Waals surface area contributed by atoms with Crippen molar-refractivity contribution >= 4 is 11.8 Å². The number of pyridine rings is 1. The van der Waals surface area contributed by atoms with Crippen LogP contribution in [0.2, 0.25) is 0 Å². The summed E-state index contributed by atoms with van der Waals surface area (Å²) in [4.78, 5) is 30.7. The second-order valence-corrected chi connectivity index (χ2v) is 7.72. The number of aromatic nitrogens is 1. The highest BCUT2D eigenvalue weighted by Gasteiger charge is 2.54. The molecule has 2 amide bonds. The Labute approximate surface area is 164 Å². The van der Waals surface area contributed by atoms with Gasteiger partial charge in [0.1, 0.15) is 5.60 Å². The molecule has 3 heterocycles. The second kappa shape index (κ2) is 7.72. The Morgan fingerprint density at radius 3 is 2.82 bits per heavy atom.